The van der Waals surface area contributed by atoms with Gasteiger partial charge in [0.2, 0.25) is 0 Å². The molecule has 0 bridgehead atoms. The van der Waals surface area contributed by atoms with Crippen LogP contribution in [0.2, 0.25) is 0 Å². The van der Waals surface area contributed by atoms with Crippen LogP contribution in [0.25, 0.3) is 33.4 Å². The van der Waals surface area contributed by atoms with Crippen molar-refractivity contribution in [2.75, 3.05) is 0 Å². The molecule has 0 atom stereocenters. The number of hydrogen-bond acceptors (Lipinski definition) is 8. The van der Waals surface area contributed by atoms with Crippen LogP contribution in [0.3, 0.4) is 0 Å². The highest BCUT2D eigenvalue weighted by Gasteiger charge is 2.44. The summed E-state index contributed by atoms with van der Waals surface area (Å²) in [5, 5.41) is 59.7. The Hall–Kier alpha value is -7.40. The number of nitriles is 6. The summed E-state index contributed by atoms with van der Waals surface area (Å²) in [4.78, 5) is 0. The van der Waals surface area contributed by atoms with Gasteiger partial charge in [-0.2, -0.15) is 31.6 Å². The zero-order valence-corrected chi connectivity index (χ0v) is 24.1. The van der Waals surface area contributed by atoms with Crippen LogP contribution in [0.5, 0.6) is 11.5 Å². The number of rotatable bonds is 4. The van der Waals surface area contributed by atoms with Crippen molar-refractivity contribution in [3.05, 3.63) is 105 Å². The number of halogens is 8. The van der Waals surface area contributed by atoms with Crippen LogP contribution >= 0.6 is 0 Å². The summed E-state index contributed by atoms with van der Waals surface area (Å²) in [7, 11) is 0. The van der Waals surface area contributed by atoms with Crippen LogP contribution in [0.15, 0.2) is 59.7 Å². The van der Waals surface area contributed by atoms with Gasteiger partial charge >= 0.3 is 12.7 Å². The number of fused-ring (bicyclic) bond motifs is 2. The maximum atomic E-state index is 17.0. The van der Waals surface area contributed by atoms with Gasteiger partial charge in [-0.1, -0.05) is 24.3 Å². The van der Waals surface area contributed by atoms with E-state index in [-0.39, 0.29) is 11.1 Å². The Labute approximate surface area is 275 Å². The third-order valence-electron chi connectivity index (χ3n) is 7.30. The van der Waals surface area contributed by atoms with Crippen molar-refractivity contribution in [1.29, 1.82) is 31.6 Å². The second-order valence-corrected chi connectivity index (χ2v) is 9.94. The number of benzene rings is 3. The predicted molar refractivity (Wildman–Crippen MR) is 154 cm³/mol. The van der Waals surface area contributed by atoms with Gasteiger partial charge in [0, 0.05) is 44.5 Å². The number of alkyl halides is 6. The van der Waals surface area contributed by atoms with Gasteiger partial charge in [0.15, 0.2) is 0 Å². The molecule has 3 aromatic rings. The number of allylic oxidation sites excluding steroid dienone is 8. The van der Waals surface area contributed by atoms with E-state index >= 15 is 8.78 Å². The molecule has 0 fully saturated rings. The molecule has 0 spiro atoms. The Morgan fingerprint density at radius 1 is 0.480 bits per heavy atom. The summed E-state index contributed by atoms with van der Waals surface area (Å²) < 4.78 is 118. The SMILES string of the molecule is N#CC(C#N)=C1C(c2ccc(OC(F)(F)F)cc2)=C(C#N)c2c(F)c3c(c(F)c21)C(C#N)=C(c1ccc(OC(F)(F)F)cc1)C3=C(C#N)C#N. The molecule has 2 aliphatic carbocycles. The lowest BCUT2D eigenvalue weighted by Crippen LogP contribution is -2.17. The second-order valence-electron chi connectivity index (χ2n) is 9.94. The molecule has 242 valence electrons. The van der Waals surface area contributed by atoms with Gasteiger partial charge < -0.3 is 9.47 Å². The molecule has 0 aromatic heterocycles. The quantitative estimate of drug-likeness (QED) is 0.196. The smallest absolute Gasteiger partial charge is 0.406 e. The van der Waals surface area contributed by atoms with E-state index in [2.05, 4.69) is 9.47 Å². The second kappa shape index (κ2) is 12.3. The first-order valence-electron chi connectivity index (χ1n) is 13.3. The molecule has 2 aliphatic rings. The molecule has 5 rings (SSSR count). The Bertz CT molecular complexity index is 2210. The lowest BCUT2D eigenvalue weighted by molar-refractivity contribution is -0.275. The van der Waals surface area contributed by atoms with Gasteiger partial charge in [-0.3, -0.25) is 0 Å². The van der Waals surface area contributed by atoms with Crippen molar-refractivity contribution in [1.82, 2.24) is 0 Å². The maximum Gasteiger partial charge on any atom is 0.573 e. The fourth-order valence-electron chi connectivity index (χ4n) is 5.60. The molecular formula is C34H8F8N6O2. The summed E-state index contributed by atoms with van der Waals surface area (Å²) in [5.74, 6) is -4.43. The Morgan fingerprint density at radius 3 is 1.02 bits per heavy atom. The van der Waals surface area contributed by atoms with Crippen molar-refractivity contribution in [2.45, 2.75) is 12.7 Å². The topological polar surface area (TPSA) is 161 Å². The largest absolute Gasteiger partial charge is 0.573 e. The van der Waals surface area contributed by atoms with Gasteiger partial charge in [0.05, 0.1) is 11.1 Å². The van der Waals surface area contributed by atoms with Crippen LogP contribution < -0.4 is 9.47 Å². The zero-order chi connectivity index (χ0) is 36.7. The maximum absolute atomic E-state index is 17.0. The van der Waals surface area contributed by atoms with Crippen LogP contribution in [0, 0.1) is 79.6 Å². The Balaban J connectivity index is 1.87. The van der Waals surface area contributed by atoms with Crippen LogP contribution in [0.1, 0.15) is 33.4 Å². The van der Waals surface area contributed by atoms with Gasteiger partial charge in [-0.25, -0.2) is 8.78 Å². The standard InChI is InChI=1S/C34H8F8N6O2/c35-31-27-21(13-47)23(15-1-5-19(6-2-15)49-33(37,38)39)25(17(9-43)10-44)29(27)32(36)28-22(14-48)24(26(30(28)31)18(11-45)12-46)16-3-7-20(8-4-16)50-34(40,41)42/h1-8H. The fourth-order valence-corrected chi connectivity index (χ4v) is 5.60. The molecule has 0 N–H and O–H groups in total. The lowest BCUT2D eigenvalue weighted by Gasteiger charge is -2.14. The average Bonchev–Trinajstić information content (AvgIpc) is 3.59. The van der Waals surface area contributed by atoms with Crippen molar-refractivity contribution in [3.63, 3.8) is 0 Å². The summed E-state index contributed by atoms with van der Waals surface area (Å²) in [6, 6.07) is 16.4. The third kappa shape index (κ3) is 5.60. The Kier molecular flexibility index (Phi) is 8.37. The van der Waals surface area contributed by atoms with Crippen molar-refractivity contribution < 1.29 is 44.6 Å². The molecule has 0 heterocycles. The average molecular weight is 684 g/mol. The third-order valence-corrected chi connectivity index (χ3v) is 7.30. The minimum absolute atomic E-state index is 0.187. The van der Waals surface area contributed by atoms with E-state index in [9.17, 15) is 57.9 Å². The summed E-state index contributed by atoms with van der Waals surface area (Å²) in [6.45, 7) is 0. The molecular weight excluding hydrogens is 676 g/mol. The zero-order valence-electron chi connectivity index (χ0n) is 24.1. The molecule has 16 heteroatoms. The predicted octanol–water partition coefficient (Wildman–Crippen LogP) is 8.26. The van der Waals surface area contributed by atoms with Crippen LogP contribution in [-0.4, -0.2) is 12.7 Å². The molecule has 0 unspecified atom stereocenters. The van der Waals surface area contributed by atoms with E-state index in [4.69, 9.17) is 0 Å². The van der Waals surface area contributed by atoms with Gasteiger partial charge in [0.1, 0.15) is 70.7 Å². The van der Waals surface area contributed by atoms with E-state index in [1.165, 1.54) is 24.3 Å². The fraction of sp³-hybridized carbons (Fsp3) is 0.0588. The van der Waals surface area contributed by atoms with E-state index in [0.717, 1.165) is 48.5 Å². The van der Waals surface area contributed by atoms with Crippen molar-refractivity contribution in [3.8, 4) is 47.9 Å². The van der Waals surface area contributed by atoms with Crippen molar-refractivity contribution >= 4 is 33.4 Å². The van der Waals surface area contributed by atoms with Gasteiger partial charge in [-0.15, -0.1) is 26.3 Å². The molecule has 0 saturated carbocycles. The molecule has 0 aliphatic heterocycles. The summed E-state index contributed by atoms with van der Waals surface area (Å²) in [5.41, 5.74) is -9.21. The number of nitrogens with zero attached hydrogens (tertiary/aromatic N) is 6. The Morgan fingerprint density at radius 2 is 0.780 bits per heavy atom. The summed E-state index contributed by atoms with van der Waals surface area (Å²) in [6.07, 6.45) is -10.2. The molecule has 8 nitrogen and oxygen atoms in total. The lowest BCUT2D eigenvalue weighted by atomic mass is 9.89. The van der Waals surface area contributed by atoms with Gasteiger partial charge in [0.25, 0.3) is 0 Å². The molecule has 0 saturated heterocycles. The summed E-state index contributed by atoms with van der Waals surface area (Å²) >= 11 is 0. The van der Waals surface area contributed by atoms with E-state index in [1.807, 2.05) is 0 Å². The van der Waals surface area contributed by atoms with E-state index < -0.39 is 103 Å². The monoisotopic (exact) mass is 684 g/mol. The van der Waals surface area contributed by atoms with E-state index in [1.54, 1.807) is 12.1 Å². The first-order chi connectivity index (χ1) is 23.6. The van der Waals surface area contributed by atoms with Crippen LogP contribution in [-0.2, 0) is 0 Å². The highest BCUT2D eigenvalue weighted by molar-refractivity contribution is 6.30. The van der Waals surface area contributed by atoms with Crippen molar-refractivity contribution in [2.24, 2.45) is 0 Å². The normalized spacial score (nSPS) is 13.2. The van der Waals surface area contributed by atoms with Crippen LogP contribution in [0.4, 0.5) is 35.1 Å². The first kappa shape index (κ1) is 33.9. The first-order valence-corrected chi connectivity index (χ1v) is 13.3. The molecule has 3 aromatic carbocycles. The highest BCUT2D eigenvalue weighted by Crippen LogP contribution is 2.57. The minimum atomic E-state index is -5.09. The molecule has 0 amide bonds. The number of hydrogen-bond donors (Lipinski definition) is 0. The molecule has 50 heavy (non-hydrogen) atoms. The number of ether oxygens (including phenoxy) is 2. The highest BCUT2D eigenvalue weighted by atomic mass is 19.4. The minimum Gasteiger partial charge on any atom is -0.406 e. The molecule has 0 radical (unpaired) electrons. The van der Waals surface area contributed by atoms with E-state index in [0.29, 0.717) is 0 Å². The van der Waals surface area contributed by atoms with Gasteiger partial charge in [-0.05, 0) is 35.4 Å².